The van der Waals surface area contributed by atoms with E-state index < -0.39 is 0 Å². The molecule has 0 aliphatic heterocycles. The fourth-order valence-corrected chi connectivity index (χ4v) is 4.38. The van der Waals surface area contributed by atoms with Crippen molar-refractivity contribution in [1.82, 2.24) is 9.55 Å². The van der Waals surface area contributed by atoms with E-state index in [0.29, 0.717) is 5.89 Å². The number of oxazole rings is 1. The number of hydrogen-bond acceptors (Lipinski definition) is 6. The van der Waals surface area contributed by atoms with Crippen molar-refractivity contribution in [2.24, 2.45) is 0 Å². The molecule has 3 aromatic rings. The van der Waals surface area contributed by atoms with Gasteiger partial charge in [0.1, 0.15) is 10.9 Å². The van der Waals surface area contributed by atoms with E-state index in [-0.39, 0.29) is 5.37 Å². The zero-order valence-electron chi connectivity index (χ0n) is 13.7. The van der Waals surface area contributed by atoms with Crippen LogP contribution in [0, 0.1) is 6.92 Å². The van der Waals surface area contributed by atoms with Gasteiger partial charge in [0.05, 0.1) is 17.6 Å². The molecule has 1 unspecified atom stereocenters. The molecular weight excluding hydrogens is 328 g/mol. The molecule has 6 nitrogen and oxygen atoms in total. The lowest BCUT2D eigenvalue weighted by Gasteiger charge is -2.21. The van der Waals surface area contributed by atoms with E-state index in [2.05, 4.69) is 33.6 Å². The molecule has 0 bridgehead atoms. The topological polar surface area (TPSA) is 69.7 Å². The molecule has 2 aromatic heterocycles. The molecule has 0 saturated heterocycles. The minimum absolute atomic E-state index is 0.0166. The number of aryl methyl sites for hydroxylation is 2. The van der Waals surface area contributed by atoms with Crippen LogP contribution in [0.15, 0.2) is 16.5 Å². The summed E-state index contributed by atoms with van der Waals surface area (Å²) in [5.74, 6) is 0.677. The number of benzene rings is 1. The van der Waals surface area contributed by atoms with Crippen molar-refractivity contribution in [2.75, 3.05) is 0 Å². The van der Waals surface area contributed by atoms with Crippen molar-refractivity contribution in [2.45, 2.75) is 51.3 Å². The molecule has 0 spiro atoms. The van der Waals surface area contributed by atoms with Crippen LogP contribution in [0.3, 0.4) is 0 Å². The highest BCUT2D eigenvalue weighted by Crippen LogP contribution is 2.40. The largest absolute Gasteiger partial charge is 0.441 e. The Morgan fingerprint density at radius 1 is 1.38 bits per heavy atom. The predicted molar refractivity (Wildman–Crippen MR) is 92.6 cm³/mol. The minimum atomic E-state index is 0.0166. The summed E-state index contributed by atoms with van der Waals surface area (Å²) < 4.78 is 12.8. The second-order valence-electron chi connectivity index (χ2n) is 6.17. The SMILES string of the molecule is CCC(SOOO)n1c2c(c3cc4nc(C)oc4cc31)CCCC2. The van der Waals surface area contributed by atoms with E-state index in [9.17, 15) is 0 Å². The standard InChI is InChI=1S/C17H20N2O4S/c1-3-17(24-23-22-20)19-14-7-5-4-6-11(14)12-8-13-16(9-15(12)19)21-10(2)18-13/h8-9,17,20H,3-7H2,1-2H3. The highest BCUT2D eigenvalue weighted by atomic mass is 32.2. The second-order valence-corrected chi connectivity index (χ2v) is 7.05. The Morgan fingerprint density at radius 2 is 2.21 bits per heavy atom. The van der Waals surface area contributed by atoms with Crippen molar-refractivity contribution in [3.8, 4) is 0 Å². The van der Waals surface area contributed by atoms with Crippen LogP contribution in [-0.4, -0.2) is 14.8 Å². The first-order chi connectivity index (χ1) is 11.7. The molecule has 0 saturated carbocycles. The summed E-state index contributed by atoms with van der Waals surface area (Å²) >= 11 is 1.12. The van der Waals surface area contributed by atoms with Crippen LogP contribution in [0.4, 0.5) is 0 Å². The Morgan fingerprint density at radius 3 is 3.00 bits per heavy atom. The van der Waals surface area contributed by atoms with Gasteiger partial charge in [-0.3, -0.25) is 0 Å². The number of rotatable bonds is 5. The Balaban J connectivity index is 1.96. The second kappa shape index (κ2) is 6.40. The van der Waals surface area contributed by atoms with Gasteiger partial charge in [0, 0.05) is 24.1 Å². The summed E-state index contributed by atoms with van der Waals surface area (Å²) in [6.45, 7) is 3.96. The van der Waals surface area contributed by atoms with Gasteiger partial charge in [-0.05, 0) is 43.7 Å². The Labute approximate surface area is 143 Å². The fourth-order valence-electron chi connectivity index (χ4n) is 3.80. The molecule has 1 aromatic carbocycles. The van der Waals surface area contributed by atoms with E-state index >= 15 is 0 Å². The molecular formula is C17H20N2O4S. The number of nitrogens with zero attached hydrogens (tertiary/aromatic N) is 2. The van der Waals surface area contributed by atoms with Gasteiger partial charge in [-0.1, -0.05) is 12.0 Å². The normalized spacial score (nSPS) is 16.0. The Kier molecular flexibility index (Phi) is 4.26. The van der Waals surface area contributed by atoms with Crippen molar-refractivity contribution in [3.63, 3.8) is 0 Å². The van der Waals surface area contributed by atoms with Gasteiger partial charge in [0.25, 0.3) is 0 Å². The molecule has 1 atom stereocenters. The van der Waals surface area contributed by atoms with Gasteiger partial charge in [0.15, 0.2) is 11.5 Å². The first-order valence-corrected chi connectivity index (χ1v) is 9.09. The van der Waals surface area contributed by atoms with Gasteiger partial charge < -0.3 is 8.98 Å². The number of aromatic nitrogens is 2. The molecule has 7 heteroatoms. The van der Waals surface area contributed by atoms with Crippen molar-refractivity contribution < 1.29 is 19.0 Å². The summed E-state index contributed by atoms with van der Waals surface area (Å²) in [4.78, 5) is 4.48. The summed E-state index contributed by atoms with van der Waals surface area (Å²) in [5, 5.41) is 13.6. The molecule has 0 fully saturated rings. The lowest BCUT2D eigenvalue weighted by atomic mass is 9.95. The van der Waals surface area contributed by atoms with Crippen LogP contribution >= 0.6 is 12.0 Å². The van der Waals surface area contributed by atoms with Crippen LogP contribution in [0.5, 0.6) is 0 Å². The van der Waals surface area contributed by atoms with Crippen molar-refractivity contribution in [1.29, 1.82) is 0 Å². The van der Waals surface area contributed by atoms with Crippen LogP contribution in [-0.2, 0) is 22.2 Å². The van der Waals surface area contributed by atoms with Crippen molar-refractivity contribution >= 4 is 34.0 Å². The maximum absolute atomic E-state index is 8.53. The Hall–Kier alpha value is -1.54. The van der Waals surface area contributed by atoms with Gasteiger partial charge in [0.2, 0.25) is 0 Å². The number of hydrogen-bond donors (Lipinski definition) is 1. The predicted octanol–water partition coefficient (Wildman–Crippen LogP) is 4.95. The monoisotopic (exact) mass is 348 g/mol. The smallest absolute Gasteiger partial charge is 0.192 e. The summed E-state index contributed by atoms with van der Waals surface area (Å²) in [6.07, 6.45) is 5.38. The fraction of sp³-hybridized carbons (Fsp3) is 0.471. The van der Waals surface area contributed by atoms with Gasteiger partial charge in [-0.15, -0.1) is 4.33 Å². The molecule has 1 N–H and O–H groups in total. The Bertz CT molecular complexity index is 886. The quantitative estimate of drug-likeness (QED) is 0.400. The van der Waals surface area contributed by atoms with Crippen LogP contribution in [0.2, 0.25) is 0 Å². The van der Waals surface area contributed by atoms with E-state index in [1.54, 1.807) is 0 Å². The zero-order chi connectivity index (χ0) is 16.7. The summed E-state index contributed by atoms with van der Waals surface area (Å²) in [6, 6.07) is 4.22. The third-order valence-corrected chi connectivity index (χ3v) is 5.65. The lowest BCUT2D eigenvalue weighted by Crippen LogP contribution is -2.12. The summed E-state index contributed by atoms with van der Waals surface area (Å²) in [7, 11) is 0. The molecule has 0 radical (unpaired) electrons. The molecule has 24 heavy (non-hydrogen) atoms. The highest BCUT2D eigenvalue weighted by Gasteiger charge is 2.26. The van der Waals surface area contributed by atoms with Crippen LogP contribution in [0.1, 0.15) is 48.7 Å². The molecule has 128 valence electrons. The van der Waals surface area contributed by atoms with E-state index in [1.807, 2.05) is 6.92 Å². The molecule has 1 aliphatic carbocycles. The third kappa shape index (κ3) is 2.52. The average Bonchev–Trinajstić information content (AvgIpc) is 3.10. The van der Waals surface area contributed by atoms with Crippen LogP contribution < -0.4 is 0 Å². The molecule has 1 aliphatic rings. The van der Waals surface area contributed by atoms with E-state index in [4.69, 9.17) is 14.0 Å². The van der Waals surface area contributed by atoms with Gasteiger partial charge >= 0.3 is 0 Å². The summed E-state index contributed by atoms with van der Waals surface area (Å²) in [5.41, 5.74) is 5.59. The van der Waals surface area contributed by atoms with Gasteiger partial charge in [-0.25, -0.2) is 10.2 Å². The van der Waals surface area contributed by atoms with Crippen molar-refractivity contribution in [3.05, 3.63) is 29.3 Å². The highest BCUT2D eigenvalue weighted by molar-refractivity contribution is 7.94. The lowest BCUT2D eigenvalue weighted by molar-refractivity contribution is -0.432. The first-order valence-electron chi connectivity index (χ1n) is 8.29. The van der Waals surface area contributed by atoms with E-state index in [0.717, 1.165) is 47.9 Å². The molecule has 2 heterocycles. The first kappa shape index (κ1) is 16.0. The number of fused-ring (bicyclic) bond motifs is 4. The maximum Gasteiger partial charge on any atom is 0.192 e. The zero-order valence-corrected chi connectivity index (χ0v) is 14.6. The third-order valence-electron chi connectivity index (χ3n) is 4.75. The maximum atomic E-state index is 8.53. The van der Waals surface area contributed by atoms with Gasteiger partial charge in [-0.2, -0.15) is 0 Å². The molecule has 0 amide bonds. The van der Waals surface area contributed by atoms with E-state index in [1.165, 1.54) is 29.5 Å². The minimum Gasteiger partial charge on any atom is -0.441 e. The van der Waals surface area contributed by atoms with Crippen LogP contribution in [0.25, 0.3) is 22.0 Å². The molecule has 4 rings (SSSR count). The average molecular weight is 348 g/mol.